The van der Waals surface area contributed by atoms with Crippen molar-refractivity contribution in [1.29, 1.82) is 0 Å². The lowest BCUT2D eigenvalue weighted by molar-refractivity contribution is -0.120. The van der Waals surface area contributed by atoms with E-state index in [1.807, 2.05) is 6.92 Å². The van der Waals surface area contributed by atoms with E-state index in [2.05, 4.69) is 25.3 Å². The maximum absolute atomic E-state index is 11.9. The van der Waals surface area contributed by atoms with Crippen LogP contribution in [0.4, 0.5) is 5.95 Å². The van der Waals surface area contributed by atoms with Crippen molar-refractivity contribution in [3.8, 4) is 0 Å². The van der Waals surface area contributed by atoms with Gasteiger partial charge < -0.3 is 10.7 Å². The van der Waals surface area contributed by atoms with E-state index in [0.717, 1.165) is 0 Å². The van der Waals surface area contributed by atoms with Gasteiger partial charge in [0.15, 0.2) is 10.8 Å². The van der Waals surface area contributed by atoms with E-state index in [1.165, 1.54) is 6.33 Å². The topological polar surface area (TPSA) is 110 Å². The van der Waals surface area contributed by atoms with Crippen LogP contribution in [-0.4, -0.2) is 31.4 Å². The minimum absolute atomic E-state index is 0.0923. The zero-order chi connectivity index (χ0) is 13.3. The Morgan fingerprint density at radius 3 is 3.00 bits per heavy atom. The zero-order valence-electron chi connectivity index (χ0n) is 9.99. The van der Waals surface area contributed by atoms with Crippen LogP contribution >= 0.6 is 11.6 Å². The molecule has 8 heteroatoms. The summed E-state index contributed by atoms with van der Waals surface area (Å²) in [7, 11) is 0. The number of H-pyrrole nitrogens is 1. The zero-order valence-corrected chi connectivity index (χ0v) is 10.7. The molecule has 0 aliphatic carbocycles. The summed E-state index contributed by atoms with van der Waals surface area (Å²) in [6.45, 7) is 3.46. The van der Waals surface area contributed by atoms with E-state index in [-0.39, 0.29) is 17.0 Å². The molecule has 0 saturated carbocycles. The minimum atomic E-state index is -0.976. The van der Waals surface area contributed by atoms with E-state index < -0.39 is 5.54 Å². The maximum atomic E-state index is 11.9. The summed E-state index contributed by atoms with van der Waals surface area (Å²) in [5.74, 6) is -0.273. The standard InChI is InChI=1S/C10H13ClN6O/c1-3-10(2,12)8(18)17-9-15-6(11)5-7(16-9)14-4-13-5/h4H,3,12H2,1-2H3,(H2,13,14,15,16,17,18). The number of amides is 1. The minimum Gasteiger partial charge on any atom is -0.341 e. The molecule has 0 fully saturated rings. The quantitative estimate of drug-likeness (QED) is 0.722. The largest absolute Gasteiger partial charge is 0.341 e. The predicted molar refractivity (Wildman–Crippen MR) is 68.2 cm³/mol. The molecule has 96 valence electrons. The van der Waals surface area contributed by atoms with Crippen molar-refractivity contribution in [2.45, 2.75) is 25.8 Å². The van der Waals surface area contributed by atoms with Gasteiger partial charge in [-0.3, -0.25) is 10.1 Å². The second-order valence-corrected chi connectivity index (χ2v) is 4.52. The number of imidazole rings is 1. The highest BCUT2D eigenvalue weighted by molar-refractivity contribution is 6.33. The Bertz CT molecular complexity index is 593. The Hall–Kier alpha value is -1.73. The van der Waals surface area contributed by atoms with Crippen LogP contribution in [0.5, 0.6) is 0 Å². The Morgan fingerprint density at radius 1 is 1.61 bits per heavy atom. The summed E-state index contributed by atoms with van der Waals surface area (Å²) in [6, 6.07) is 0. The first-order valence-corrected chi connectivity index (χ1v) is 5.79. The Kier molecular flexibility index (Phi) is 3.18. The molecule has 4 N–H and O–H groups in total. The summed E-state index contributed by atoms with van der Waals surface area (Å²) in [5, 5.41) is 2.73. The van der Waals surface area contributed by atoms with E-state index in [9.17, 15) is 4.79 Å². The SMILES string of the molecule is CCC(C)(N)C(=O)Nc1nc(Cl)c2[nH]cnc2n1. The second kappa shape index (κ2) is 4.51. The second-order valence-electron chi connectivity index (χ2n) is 4.16. The molecule has 1 unspecified atom stereocenters. The van der Waals surface area contributed by atoms with Crippen LogP contribution in [-0.2, 0) is 4.79 Å². The number of fused-ring (bicyclic) bond motifs is 1. The summed E-state index contributed by atoms with van der Waals surface area (Å²) in [4.78, 5) is 26.6. The van der Waals surface area contributed by atoms with Gasteiger partial charge in [0.1, 0.15) is 5.52 Å². The van der Waals surface area contributed by atoms with Crippen LogP contribution in [0.2, 0.25) is 5.15 Å². The number of nitrogens with two attached hydrogens (primary N) is 1. The van der Waals surface area contributed by atoms with Gasteiger partial charge in [-0.05, 0) is 13.3 Å². The van der Waals surface area contributed by atoms with Crippen molar-refractivity contribution in [3.05, 3.63) is 11.5 Å². The molecule has 0 saturated heterocycles. The van der Waals surface area contributed by atoms with Crippen molar-refractivity contribution in [3.63, 3.8) is 0 Å². The van der Waals surface area contributed by atoms with Crippen LogP contribution in [0.15, 0.2) is 6.33 Å². The normalized spacial score (nSPS) is 14.4. The van der Waals surface area contributed by atoms with Gasteiger partial charge in [-0.25, -0.2) is 4.98 Å². The van der Waals surface area contributed by atoms with Crippen LogP contribution in [0.3, 0.4) is 0 Å². The lowest BCUT2D eigenvalue weighted by atomic mass is 10.00. The summed E-state index contributed by atoms with van der Waals surface area (Å²) < 4.78 is 0. The molecular weight excluding hydrogens is 256 g/mol. The van der Waals surface area contributed by atoms with Crippen molar-refractivity contribution in [2.75, 3.05) is 5.32 Å². The number of anilines is 1. The predicted octanol–water partition coefficient (Wildman–Crippen LogP) is 1.07. The first kappa shape index (κ1) is 12.7. The number of hydrogen-bond acceptors (Lipinski definition) is 5. The number of hydrogen-bond donors (Lipinski definition) is 3. The highest BCUT2D eigenvalue weighted by Crippen LogP contribution is 2.18. The van der Waals surface area contributed by atoms with Crippen LogP contribution in [0, 0.1) is 0 Å². The van der Waals surface area contributed by atoms with Crippen molar-refractivity contribution in [2.24, 2.45) is 5.73 Å². The first-order chi connectivity index (χ1) is 8.44. The third-order valence-corrected chi connectivity index (χ3v) is 2.99. The van der Waals surface area contributed by atoms with Gasteiger partial charge in [0.05, 0.1) is 11.9 Å². The van der Waals surface area contributed by atoms with Gasteiger partial charge in [0, 0.05) is 0 Å². The molecule has 0 radical (unpaired) electrons. The fraction of sp³-hybridized carbons (Fsp3) is 0.400. The molecule has 0 aliphatic heterocycles. The van der Waals surface area contributed by atoms with E-state index in [0.29, 0.717) is 17.6 Å². The molecule has 1 atom stereocenters. The smallest absolute Gasteiger partial charge is 0.246 e. The maximum Gasteiger partial charge on any atom is 0.246 e. The number of carbonyl (C=O) groups excluding carboxylic acids is 1. The highest BCUT2D eigenvalue weighted by Gasteiger charge is 2.27. The van der Waals surface area contributed by atoms with E-state index in [4.69, 9.17) is 17.3 Å². The number of aromatic nitrogens is 4. The number of nitrogens with one attached hydrogen (secondary N) is 2. The molecule has 18 heavy (non-hydrogen) atoms. The van der Waals surface area contributed by atoms with Crippen LogP contribution < -0.4 is 11.1 Å². The van der Waals surface area contributed by atoms with Crippen molar-refractivity contribution >= 4 is 34.6 Å². The number of halogens is 1. The Morgan fingerprint density at radius 2 is 2.33 bits per heavy atom. The van der Waals surface area contributed by atoms with Gasteiger partial charge in [0.2, 0.25) is 11.9 Å². The Balaban J connectivity index is 2.30. The lowest BCUT2D eigenvalue weighted by Crippen LogP contribution is -2.48. The molecule has 0 bridgehead atoms. The summed E-state index contributed by atoms with van der Waals surface area (Å²) in [5.41, 5.74) is 5.76. The fourth-order valence-corrected chi connectivity index (χ4v) is 1.48. The van der Waals surface area contributed by atoms with Crippen LogP contribution in [0.1, 0.15) is 20.3 Å². The van der Waals surface area contributed by atoms with Crippen molar-refractivity contribution < 1.29 is 4.79 Å². The first-order valence-electron chi connectivity index (χ1n) is 5.41. The number of rotatable bonds is 3. The van der Waals surface area contributed by atoms with Gasteiger partial charge in [-0.2, -0.15) is 9.97 Å². The molecular formula is C10H13ClN6O. The summed E-state index contributed by atoms with van der Waals surface area (Å²) in [6.07, 6.45) is 1.95. The van der Waals surface area contributed by atoms with E-state index in [1.54, 1.807) is 6.92 Å². The third kappa shape index (κ3) is 2.27. The molecule has 2 aromatic rings. The number of carbonyl (C=O) groups is 1. The van der Waals surface area contributed by atoms with Gasteiger partial charge in [-0.15, -0.1) is 0 Å². The highest BCUT2D eigenvalue weighted by atomic mass is 35.5. The van der Waals surface area contributed by atoms with Crippen LogP contribution in [0.25, 0.3) is 11.2 Å². The molecule has 7 nitrogen and oxygen atoms in total. The third-order valence-electron chi connectivity index (χ3n) is 2.72. The van der Waals surface area contributed by atoms with Gasteiger partial charge in [0.25, 0.3) is 0 Å². The molecule has 2 aromatic heterocycles. The molecule has 0 aromatic carbocycles. The van der Waals surface area contributed by atoms with Gasteiger partial charge in [-0.1, -0.05) is 18.5 Å². The van der Waals surface area contributed by atoms with Crippen molar-refractivity contribution in [1.82, 2.24) is 19.9 Å². The average molecular weight is 269 g/mol. The van der Waals surface area contributed by atoms with Gasteiger partial charge >= 0.3 is 0 Å². The number of nitrogens with zero attached hydrogens (tertiary/aromatic N) is 3. The molecule has 0 aliphatic rings. The molecule has 1 amide bonds. The number of aromatic amines is 1. The average Bonchev–Trinajstić information content (AvgIpc) is 2.77. The molecule has 2 rings (SSSR count). The molecule has 2 heterocycles. The fourth-order valence-electron chi connectivity index (χ4n) is 1.26. The summed E-state index contributed by atoms with van der Waals surface area (Å²) >= 11 is 5.93. The van der Waals surface area contributed by atoms with E-state index >= 15 is 0 Å². The monoisotopic (exact) mass is 268 g/mol. The molecule has 0 spiro atoms. The lowest BCUT2D eigenvalue weighted by Gasteiger charge is -2.20. The Labute approximate surface area is 108 Å².